The lowest BCUT2D eigenvalue weighted by Gasteiger charge is -2.13. The van der Waals surface area contributed by atoms with Crippen molar-refractivity contribution in [1.82, 2.24) is 20.4 Å². The summed E-state index contributed by atoms with van der Waals surface area (Å²) in [5.74, 6) is 1.15. The molecule has 0 aliphatic heterocycles. The van der Waals surface area contributed by atoms with E-state index in [9.17, 15) is 0 Å². The Balaban J connectivity index is 1.77. The Morgan fingerprint density at radius 3 is 2.85 bits per heavy atom. The number of aromatic nitrogens is 3. The normalized spacial score (nSPS) is 12.4. The molecule has 0 aliphatic rings. The summed E-state index contributed by atoms with van der Waals surface area (Å²) in [5.41, 5.74) is 3.71. The summed E-state index contributed by atoms with van der Waals surface area (Å²) in [6.45, 7) is 0. The number of benzene rings is 1. The highest BCUT2D eigenvalue weighted by Crippen LogP contribution is 2.20. The first-order valence-electron chi connectivity index (χ1n) is 6.30. The number of hydrogen-bond donors (Lipinski definition) is 1. The zero-order valence-electron chi connectivity index (χ0n) is 11.0. The Morgan fingerprint density at radius 2 is 2.15 bits per heavy atom. The standard InChI is InChI=1S/C14H14N4OS/c1-15-11(10-5-3-2-4-6-10)7-13-17-14(18-19-13)12-8-20-9-16-12/h2-6,8-9,11,15H,7H2,1H3. The number of hydrogen-bond acceptors (Lipinski definition) is 6. The Bertz CT molecular complexity index is 651. The third-order valence-corrected chi connectivity index (χ3v) is 3.65. The van der Waals surface area contributed by atoms with Crippen LogP contribution in [0.3, 0.4) is 0 Å². The maximum Gasteiger partial charge on any atom is 0.228 e. The summed E-state index contributed by atoms with van der Waals surface area (Å²) in [5, 5.41) is 9.14. The number of rotatable bonds is 5. The molecule has 20 heavy (non-hydrogen) atoms. The van der Waals surface area contributed by atoms with Gasteiger partial charge in [0.1, 0.15) is 5.69 Å². The van der Waals surface area contributed by atoms with E-state index in [-0.39, 0.29) is 6.04 Å². The number of nitrogens with zero attached hydrogens (tertiary/aromatic N) is 3. The molecule has 6 heteroatoms. The van der Waals surface area contributed by atoms with E-state index in [1.807, 2.05) is 30.6 Å². The Kier molecular flexibility index (Phi) is 3.85. The molecule has 2 aromatic heterocycles. The summed E-state index contributed by atoms with van der Waals surface area (Å²) in [6, 6.07) is 10.4. The van der Waals surface area contributed by atoms with Gasteiger partial charge in [-0.1, -0.05) is 35.5 Å². The van der Waals surface area contributed by atoms with Crippen LogP contribution in [0, 0.1) is 0 Å². The van der Waals surface area contributed by atoms with Crippen molar-refractivity contribution in [1.29, 1.82) is 0 Å². The van der Waals surface area contributed by atoms with Crippen molar-refractivity contribution in [2.24, 2.45) is 0 Å². The van der Waals surface area contributed by atoms with Gasteiger partial charge in [0.05, 0.1) is 5.51 Å². The van der Waals surface area contributed by atoms with Crippen molar-refractivity contribution < 1.29 is 4.52 Å². The highest BCUT2D eigenvalue weighted by Gasteiger charge is 2.16. The molecule has 2 heterocycles. The number of nitrogens with one attached hydrogen (secondary N) is 1. The molecule has 0 spiro atoms. The first-order chi connectivity index (χ1) is 9.86. The highest BCUT2D eigenvalue weighted by molar-refractivity contribution is 7.07. The lowest BCUT2D eigenvalue weighted by molar-refractivity contribution is 0.363. The molecule has 5 nitrogen and oxygen atoms in total. The minimum Gasteiger partial charge on any atom is -0.339 e. The van der Waals surface area contributed by atoms with Crippen LogP contribution in [-0.2, 0) is 6.42 Å². The average Bonchev–Trinajstić information content (AvgIpc) is 3.16. The first-order valence-corrected chi connectivity index (χ1v) is 7.24. The molecule has 0 radical (unpaired) electrons. The van der Waals surface area contributed by atoms with Crippen molar-refractivity contribution in [3.8, 4) is 11.5 Å². The minimum absolute atomic E-state index is 0.153. The molecule has 0 bridgehead atoms. The van der Waals surface area contributed by atoms with Gasteiger partial charge >= 0.3 is 0 Å². The molecule has 1 aromatic carbocycles. The van der Waals surface area contributed by atoms with E-state index in [4.69, 9.17) is 4.52 Å². The fraction of sp³-hybridized carbons (Fsp3) is 0.214. The zero-order valence-corrected chi connectivity index (χ0v) is 11.8. The molecule has 3 rings (SSSR count). The van der Waals surface area contributed by atoms with Gasteiger partial charge in [0, 0.05) is 17.8 Å². The minimum atomic E-state index is 0.153. The number of likely N-dealkylation sites (N-methyl/N-ethyl adjacent to an activating group) is 1. The zero-order chi connectivity index (χ0) is 13.8. The van der Waals surface area contributed by atoms with Crippen molar-refractivity contribution >= 4 is 11.3 Å². The molecule has 1 atom stereocenters. The van der Waals surface area contributed by atoms with Crippen LogP contribution in [-0.4, -0.2) is 22.2 Å². The van der Waals surface area contributed by atoms with Gasteiger partial charge in [-0.15, -0.1) is 11.3 Å². The Hall–Kier alpha value is -2.05. The molecule has 0 saturated carbocycles. The molecule has 0 fully saturated rings. The molecule has 0 saturated heterocycles. The first kappa shape index (κ1) is 13.0. The lowest BCUT2D eigenvalue weighted by Crippen LogP contribution is -2.18. The van der Waals surface area contributed by atoms with Crippen molar-refractivity contribution in [3.63, 3.8) is 0 Å². The second-order valence-corrected chi connectivity index (χ2v) is 5.06. The van der Waals surface area contributed by atoms with Gasteiger partial charge < -0.3 is 9.84 Å². The Morgan fingerprint density at radius 1 is 1.30 bits per heavy atom. The topological polar surface area (TPSA) is 63.8 Å². The molecule has 1 unspecified atom stereocenters. The van der Waals surface area contributed by atoms with Crippen molar-refractivity contribution in [3.05, 3.63) is 52.7 Å². The van der Waals surface area contributed by atoms with Crippen LogP contribution in [0.1, 0.15) is 17.5 Å². The van der Waals surface area contributed by atoms with Gasteiger partial charge in [-0.2, -0.15) is 4.98 Å². The Labute approximate surface area is 120 Å². The van der Waals surface area contributed by atoms with Gasteiger partial charge in [-0.05, 0) is 12.6 Å². The molecule has 3 aromatic rings. The van der Waals surface area contributed by atoms with Crippen LogP contribution < -0.4 is 5.32 Å². The predicted molar refractivity (Wildman–Crippen MR) is 77.4 cm³/mol. The fourth-order valence-corrected chi connectivity index (χ4v) is 2.54. The quantitative estimate of drug-likeness (QED) is 0.781. The molecule has 102 valence electrons. The van der Waals surface area contributed by atoms with Crippen LogP contribution in [0.25, 0.3) is 11.5 Å². The van der Waals surface area contributed by atoms with Crippen molar-refractivity contribution in [2.45, 2.75) is 12.5 Å². The van der Waals surface area contributed by atoms with E-state index in [2.05, 4.69) is 32.6 Å². The second-order valence-electron chi connectivity index (χ2n) is 4.34. The van der Waals surface area contributed by atoms with Gasteiger partial charge in [0.2, 0.25) is 11.7 Å². The van der Waals surface area contributed by atoms with Crippen LogP contribution in [0.4, 0.5) is 0 Å². The van der Waals surface area contributed by atoms with Gasteiger partial charge in [0.25, 0.3) is 0 Å². The molecule has 1 N–H and O–H groups in total. The largest absolute Gasteiger partial charge is 0.339 e. The summed E-state index contributed by atoms with van der Waals surface area (Å²) >= 11 is 1.51. The third-order valence-electron chi connectivity index (χ3n) is 3.06. The van der Waals surface area contributed by atoms with Crippen LogP contribution in [0.2, 0.25) is 0 Å². The SMILES string of the molecule is CNC(Cc1nc(-c2cscn2)no1)c1ccccc1. The maximum absolute atomic E-state index is 5.31. The molecular formula is C14H14N4OS. The summed E-state index contributed by atoms with van der Waals surface area (Å²) in [4.78, 5) is 8.57. The van der Waals surface area contributed by atoms with Crippen LogP contribution >= 0.6 is 11.3 Å². The van der Waals surface area contributed by atoms with E-state index >= 15 is 0 Å². The lowest BCUT2D eigenvalue weighted by atomic mass is 10.0. The fourth-order valence-electron chi connectivity index (χ4n) is 2.01. The maximum atomic E-state index is 5.31. The van der Waals surface area contributed by atoms with Crippen LogP contribution in [0.5, 0.6) is 0 Å². The highest BCUT2D eigenvalue weighted by atomic mass is 32.1. The molecule has 0 amide bonds. The van der Waals surface area contributed by atoms with E-state index in [0.717, 1.165) is 5.69 Å². The van der Waals surface area contributed by atoms with E-state index in [1.165, 1.54) is 16.9 Å². The second kappa shape index (κ2) is 5.94. The summed E-state index contributed by atoms with van der Waals surface area (Å²) in [7, 11) is 1.93. The van der Waals surface area contributed by atoms with E-state index in [1.54, 1.807) is 5.51 Å². The van der Waals surface area contributed by atoms with Gasteiger partial charge in [-0.3, -0.25) is 0 Å². The summed E-state index contributed by atoms with van der Waals surface area (Å²) in [6.07, 6.45) is 0.650. The summed E-state index contributed by atoms with van der Waals surface area (Å²) < 4.78 is 5.31. The number of thiazole rings is 1. The van der Waals surface area contributed by atoms with E-state index < -0.39 is 0 Å². The predicted octanol–water partition coefficient (Wildman–Crippen LogP) is 2.70. The van der Waals surface area contributed by atoms with E-state index in [0.29, 0.717) is 18.1 Å². The van der Waals surface area contributed by atoms with Gasteiger partial charge in [-0.25, -0.2) is 4.98 Å². The molecular weight excluding hydrogens is 272 g/mol. The van der Waals surface area contributed by atoms with Gasteiger partial charge in [0.15, 0.2) is 0 Å². The molecule has 0 aliphatic carbocycles. The third kappa shape index (κ3) is 2.76. The monoisotopic (exact) mass is 286 g/mol. The van der Waals surface area contributed by atoms with Crippen molar-refractivity contribution in [2.75, 3.05) is 7.05 Å². The van der Waals surface area contributed by atoms with Crippen LogP contribution in [0.15, 0.2) is 45.7 Å². The average molecular weight is 286 g/mol. The smallest absolute Gasteiger partial charge is 0.228 e.